The molecule has 0 radical (unpaired) electrons. The molecule has 1 N–H and O–H groups in total. The molecule has 1 aromatic heterocycles. The lowest BCUT2D eigenvalue weighted by Gasteiger charge is -2.17. The first-order valence-corrected chi connectivity index (χ1v) is 6.49. The predicted octanol–water partition coefficient (Wildman–Crippen LogP) is 3.40. The Morgan fingerprint density at radius 2 is 2.12 bits per heavy atom. The van der Waals surface area contributed by atoms with Crippen molar-refractivity contribution in [2.75, 3.05) is 0 Å². The average molecular weight is 233 g/mol. The molecule has 1 aliphatic carbocycles. The van der Waals surface area contributed by atoms with Crippen molar-refractivity contribution in [1.82, 2.24) is 4.98 Å². The van der Waals surface area contributed by atoms with E-state index in [9.17, 15) is 5.11 Å². The Hall–Kier alpha value is -0.930. The van der Waals surface area contributed by atoms with Crippen molar-refractivity contribution < 1.29 is 5.11 Å². The summed E-state index contributed by atoms with van der Waals surface area (Å²) in [5, 5.41) is 11.2. The van der Waals surface area contributed by atoms with Crippen LogP contribution in [0.4, 0.5) is 0 Å². The van der Waals surface area contributed by atoms with E-state index in [0.29, 0.717) is 5.92 Å². The maximum atomic E-state index is 9.95. The van der Waals surface area contributed by atoms with E-state index >= 15 is 0 Å². The van der Waals surface area contributed by atoms with Crippen molar-refractivity contribution in [3.63, 3.8) is 0 Å². The van der Waals surface area contributed by atoms with Crippen LogP contribution < -0.4 is 0 Å². The molecule has 0 unspecified atom stereocenters. The van der Waals surface area contributed by atoms with Crippen LogP contribution in [0.15, 0.2) is 18.2 Å². The Kier molecular flexibility index (Phi) is 2.10. The highest BCUT2D eigenvalue weighted by atomic mass is 32.1. The smallest absolute Gasteiger partial charge is 0.0969 e. The first kappa shape index (κ1) is 10.2. The van der Waals surface area contributed by atoms with Gasteiger partial charge in [-0.05, 0) is 44.4 Å². The fraction of sp³-hybridized carbons (Fsp3) is 0.462. The van der Waals surface area contributed by atoms with Crippen LogP contribution in [0.5, 0.6) is 0 Å². The van der Waals surface area contributed by atoms with Gasteiger partial charge in [-0.2, -0.15) is 0 Å². The summed E-state index contributed by atoms with van der Waals surface area (Å²) in [5.74, 6) is 0.711. The van der Waals surface area contributed by atoms with Gasteiger partial charge in [0.15, 0.2) is 0 Å². The second-order valence-electron chi connectivity index (χ2n) is 5.07. The lowest BCUT2D eigenvalue weighted by molar-refractivity contribution is 0.0787. The molecular formula is C13H15NOS. The van der Waals surface area contributed by atoms with E-state index < -0.39 is 5.60 Å². The van der Waals surface area contributed by atoms with Crippen LogP contribution in [-0.2, 0) is 5.60 Å². The van der Waals surface area contributed by atoms with Crippen LogP contribution in [0.2, 0.25) is 0 Å². The number of hydrogen-bond donors (Lipinski definition) is 1. The topological polar surface area (TPSA) is 33.1 Å². The Labute approximate surface area is 99.0 Å². The number of aromatic nitrogens is 1. The Morgan fingerprint density at radius 3 is 2.75 bits per heavy atom. The minimum Gasteiger partial charge on any atom is -0.386 e. The normalized spacial score (nSPS) is 16.9. The molecule has 2 nitrogen and oxygen atoms in total. The van der Waals surface area contributed by atoms with Crippen LogP contribution in [-0.4, -0.2) is 10.1 Å². The summed E-state index contributed by atoms with van der Waals surface area (Å²) >= 11 is 1.79. The zero-order chi connectivity index (χ0) is 11.3. The van der Waals surface area contributed by atoms with E-state index in [1.165, 1.54) is 22.5 Å². The molecule has 0 bridgehead atoms. The number of aliphatic hydroxyl groups is 1. The van der Waals surface area contributed by atoms with Gasteiger partial charge in [-0.25, -0.2) is 4.98 Å². The summed E-state index contributed by atoms with van der Waals surface area (Å²) in [5.41, 5.74) is 1.19. The molecule has 1 fully saturated rings. The number of benzene rings is 1. The third kappa shape index (κ3) is 1.74. The summed E-state index contributed by atoms with van der Waals surface area (Å²) in [7, 11) is 0. The van der Waals surface area contributed by atoms with Crippen molar-refractivity contribution in [1.29, 1.82) is 0 Å². The van der Waals surface area contributed by atoms with Crippen LogP contribution in [0.25, 0.3) is 10.2 Å². The van der Waals surface area contributed by atoms with Gasteiger partial charge in [-0.3, -0.25) is 0 Å². The van der Waals surface area contributed by atoms with E-state index in [4.69, 9.17) is 0 Å². The average Bonchev–Trinajstić information content (AvgIpc) is 2.96. The van der Waals surface area contributed by atoms with Gasteiger partial charge in [0.25, 0.3) is 0 Å². The molecule has 84 valence electrons. The molecule has 1 saturated carbocycles. The first-order valence-electron chi connectivity index (χ1n) is 5.67. The minimum absolute atomic E-state index is 0.711. The van der Waals surface area contributed by atoms with Gasteiger partial charge in [-0.1, -0.05) is 6.07 Å². The summed E-state index contributed by atoms with van der Waals surface area (Å²) in [6, 6.07) is 6.08. The number of rotatable bonds is 2. The predicted molar refractivity (Wildman–Crippen MR) is 66.8 cm³/mol. The van der Waals surface area contributed by atoms with Crippen molar-refractivity contribution in [2.45, 2.75) is 38.2 Å². The molecule has 2 aromatic rings. The lowest BCUT2D eigenvalue weighted by Crippen LogP contribution is -2.14. The SMILES string of the molecule is CC(C)(O)c1ccc2sc(C3CC3)nc2c1. The van der Waals surface area contributed by atoms with Crippen LogP contribution in [0.3, 0.4) is 0 Å². The Balaban J connectivity index is 2.10. The number of nitrogens with zero attached hydrogens (tertiary/aromatic N) is 1. The first-order chi connectivity index (χ1) is 7.54. The summed E-state index contributed by atoms with van der Waals surface area (Å²) in [6.07, 6.45) is 2.58. The monoisotopic (exact) mass is 233 g/mol. The highest BCUT2D eigenvalue weighted by Gasteiger charge is 2.27. The van der Waals surface area contributed by atoms with Gasteiger partial charge in [0.05, 0.1) is 20.8 Å². The van der Waals surface area contributed by atoms with Crippen molar-refractivity contribution in [3.8, 4) is 0 Å². The standard InChI is InChI=1S/C13H15NOS/c1-13(2,15)9-5-6-11-10(7-9)14-12(16-11)8-3-4-8/h5-8,15H,3-4H2,1-2H3. The molecular weight excluding hydrogens is 218 g/mol. The fourth-order valence-corrected chi connectivity index (χ4v) is 2.95. The zero-order valence-electron chi connectivity index (χ0n) is 9.53. The zero-order valence-corrected chi connectivity index (χ0v) is 10.3. The molecule has 16 heavy (non-hydrogen) atoms. The third-order valence-electron chi connectivity index (χ3n) is 3.04. The highest BCUT2D eigenvalue weighted by molar-refractivity contribution is 7.18. The Morgan fingerprint density at radius 1 is 1.38 bits per heavy atom. The van der Waals surface area contributed by atoms with Crippen molar-refractivity contribution in [3.05, 3.63) is 28.8 Å². The number of hydrogen-bond acceptors (Lipinski definition) is 3. The molecule has 1 heterocycles. The van der Waals surface area contributed by atoms with E-state index in [-0.39, 0.29) is 0 Å². The van der Waals surface area contributed by atoms with Gasteiger partial charge < -0.3 is 5.11 Å². The number of fused-ring (bicyclic) bond motifs is 1. The van der Waals surface area contributed by atoms with Crippen LogP contribution >= 0.6 is 11.3 Å². The van der Waals surface area contributed by atoms with E-state index in [1.807, 2.05) is 26.0 Å². The van der Waals surface area contributed by atoms with Gasteiger partial charge in [0.2, 0.25) is 0 Å². The second-order valence-corrected chi connectivity index (χ2v) is 6.13. The fourth-order valence-electron chi connectivity index (χ4n) is 1.83. The van der Waals surface area contributed by atoms with E-state index in [2.05, 4.69) is 11.1 Å². The van der Waals surface area contributed by atoms with Gasteiger partial charge in [0.1, 0.15) is 0 Å². The quantitative estimate of drug-likeness (QED) is 0.862. The highest BCUT2D eigenvalue weighted by Crippen LogP contribution is 2.43. The maximum Gasteiger partial charge on any atom is 0.0969 e. The molecule has 0 saturated heterocycles. The third-order valence-corrected chi connectivity index (χ3v) is 4.24. The van der Waals surface area contributed by atoms with E-state index in [1.54, 1.807) is 11.3 Å². The van der Waals surface area contributed by atoms with Gasteiger partial charge in [0, 0.05) is 5.92 Å². The van der Waals surface area contributed by atoms with Crippen LogP contribution in [0.1, 0.15) is 43.2 Å². The summed E-state index contributed by atoms with van der Waals surface area (Å²) < 4.78 is 1.23. The van der Waals surface area contributed by atoms with E-state index in [0.717, 1.165) is 11.1 Å². The minimum atomic E-state index is -0.780. The summed E-state index contributed by atoms with van der Waals surface area (Å²) in [6.45, 7) is 3.62. The van der Waals surface area contributed by atoms with Crippen LogP contribution in [0, 0.1) is 0 Å². The van der Waals surface area contributed by atoms with Gasteiger partial charge >= 0.3 is 0 Å². The molecule has 3 rings (SSSR count). The molecule has 3 heteroatoms. The molecule has 0 amide bonds. The molecule has 0 spiro atoms. The van der Waals surface area contributed by atoms with Gasteiger partial charge in [-0.15, -0.1) is 11.3 Å². The maximum absolute atomic E-state index is 9.95. The number of thiazole rings is 1. The Bertz CT molecular complexity index is 534. The van der Waals surface area contributed by atoms with Crippen molar-refractivity contribution >= 4 is 21.6 Å². The largest absolute Gasteiger partial charge is 0.386 e. The lowest BCUT2D eigenvalue weighted by atomic mass is 9.98. The summed E-state index contributed by atoms with van der Waals surface area (Å²) in [4.78, 5) is 4.66. The molecule has 1 aliphatic rings. The molecule has 0 atom stereocenters. The molecule has 0 aliphatic heterocycles. The second kappa shape index (κ2) is 3.28. The molecule has 1 aromatic carbocycles. The van der Waals surface area contributed by atoms with Crippen molar-refractivity contribution in [2.24, 2.45) is 0 Å².